The largest absolute Gasteiger partial charge is 0.445 e. The number of carbonyl (C=O) groups is 1. The van der Waals surface area contributed by atoms with E-state index in [0.717, 1.165) is 30.6 Å². The maximum Gasteiger partial charge on any atom is 0.404 e. The third-order valence-corrected chi connectivity index (χ3v) is 3.10. The highest BCUT2D eigenvalue weighted by atomic mass is 16.6. The van der Waals surface area contributed by atoms with E-state index in [-0.39, 0.29) is 6.10 Å². The number of ether oxygens (including phenoxy) is 1. The van der Waals surface area contributed by atoms with E-state index in [2.05, 4.69) is 9.88 Å². The number of rotatable bonds is 3. The fourth-order valence-corrected chi connectivity index (χ4v) is 2.30. The Bertz CT molecular complexity index is 424. The Labute approximate surface area is 106 Å². The maximum atomic E-state index is 10.8. The predicted molar refractivity (Wildman–Crippen MR) is 68.0 cm³/mol. The minimum Gasteiger partial charge on any atom is -0.445 e. The summed E-state index contributed by atoms with van der Waals surface area (Å²) in [7, 11) is 0. The molecular formula is C12H18N4O2. The number of piperidine rings is 1. The molecule has 0 bridgehead atoms. The van der Waals surface area contributed by atoms with Crippen LogP contribution < -0.4 is 16.4 Å². The Morgan fingerprint density at radius 3 is 3.17 bits per heavy atom. The number of hydrogen-bond donors (Lipinski definition) is 2. The molecule has 1 fully saturated rings. The number of pyridine rings is 1. The van der Waals surface area contributed by atoms with Crippen molar-refractivity contribution in [3.63, 3.8) is 0 Å². The molecule has 1 aromatic heterocycles. The van der Waals surface area contributed by atoms with Gasteiger partial charge in [-0.25, -0.2) is 4.79 Å². The van der Waals surface area contributed by atoms with E-state index >= 15 is 0 Å². The Morgan fingerprint density at radius 2 is 2.44 bits per heavy atom. The van der Waals surface area contributed by atoms with E-state index in [4.69, 9.17) is 16.2 Å². The lowest BCUT2D eigenvalue weighted by molar-refractivity contribution is 0.0965. The Hall–Kier alpha value is -1.82. The molecule has 0 aliphatic carbocycles. The molecule has 1 saturated heterocycles. The number of aromatic nitrogens is 1. The number of nitrogens with two attached hydrogens (primary N) is 2. The molecule has 18 heavy (non-hydrogen) atoms. The van der Waals surface area contributed by atoms with Gasteiger partial charge in [0.1, 0.15) is 6.10 Å². The van der Waals surface area contributed by atoms with Gasteiger partial charge in [-0.15, -0.1) is 0 Å². The van der Waals surface area contributed by atoms with Crippen molar-refractivity contribution in [2.45, 2.75) is 25.5 Å². The second kappa shape index (κ2) is 5.68. The summed E-state index contributed by atoms with van der Waals surface area (Å²) in [6, 6.07) is 1.94. The first-order valence-corrected chi connectivity index (χ1v) is 6.04. The lowest BCUT2D eigenvalue weighted by Crippen LogP contribution is -2.41. The van der Waals surface area contributed by atoms with Crippen LogP contribution in [-0.2, 0) is 11.3 Å². The lowest BCUT2D eigenvalue weighted by Gasteiger charge is -2.34. The molecule has 98 valence electrons. The molecule has 0 spiro atoms. The Balaban J connectivity index is 2.10. The van der Waals surface area contributed by atoms with Gasteiger partial charge in [0.25, 0.3) is 0 Å². The number of amides is 1. The van der Waals surface area contributed by atoms with Gasteiger partial charge in [0.2, 0.25) is 0 Å². The first-order valence-electron chi connectivity index (χ1n) is 6.04. The van der Waals surface area contributed by atoms with Gasteiger partial charge in [-0.3, -0.25) is 4.98 Å². The molecule has 6 nitrogen and oxygen atoms in total. The average Bonchev–Trinajstić information content (AvgIpc) is 2.38. The molecule has 4 N–H and O–H groups in total. The predicted octanol–water partition coefficient (Wildman–Crippen LogP) is 0.604. The van der Waals surface area contributed by atoms with Crippen LogP contribution in [0, 0.1) is 0 Å². The number of carbonyl (C=O) groups excluding carboxylic acids is 1. The molecule has 0 radical (unpaired) electrons. The molecule has 1 aromatic rings. The third-order valence-electron chi connectivity index (χ3n) is 3.10. The van der Waals surface area contributed by atoms with E-state index in [0.29, 0.717) is 13.1 Å². The van der Waals surface area contributed by atoms with Crippen molar-refractivity contribution in [3.05, 3.63) is 24.0 Å². The SMILES string of the molecule is NCc1cnccc1N1CCCC(OC(N)=O)C1. The van der Waals surface area contributed by atoms with E-state index in [9.17, 15) is 4.79 Å². The average molecular weight is 250 g/mol. The van der Waals surface area contributed by atoms with Crippen LogP contribution in [0.15, 0.2) is 18.5 Å². The smallest absolute Gasteiger partial charge is 0.404 e. The summed E-state index contributed by atoms with van der Waals surface area (Å²) >= 11 is 0. The summed E-state index contributed by atoms with van der Waals surface area (Å²) in [4.78, 5) is 17.0. The summed E-state index contributed by atoms with van der Waals surface area (Å²) in [5, 5.41) is 0. The maximum absolute atomic E-state index is 10.8. The second-order valence-electron chi connectivity index (χ2n) is 4.36. The van der Waals surface area contributed by atoms with Crippen molar-refractivity contribution in [2.75, 3.05) is 18.0 Å². The number of nitrogens with zero attached hydrogens (tertiary/aromatic N) is 2. The van der Waals surface area contributed by atoms with Crippen molar-refractivity contribution < 1.29 is 9.53 Å². The van der Waals surface area contributed by atoms with Gasteiger partial charge in [-0.1, -0.05) is 0 Å². The topological polar surface area (TPSA) is 94.5 Å². The van der Waals surface area contributed by atoms with Crippen LogP contribution in [0.25, 0.3) is 0 Å². The standard InChI is InChI=1S/C12H18N4O2/c13-6-9-7-15-4-3-11(9)16-5-1-2-10(8-16)18-12(14)17/h3-4,7,10H,1-2,5-6,8,13H2,(H2,14,17). The Morgan fingerprint density at radius 1 is 1.61 bits per heavy atom. The molecule has 1 aliphatic heterocycles. The van der Waals surface area contributed by atoms with Crippen LogP contribution in [0.2, 0.25) is 0 Å². The highest BCUT2D eigenvalue weighted by Crippen LogP contribution is 2.24. The third kappa shape index (κ3) is 2.89. The molecule has 2 rings (SSSR count). The quantitative estimate of drug-likeness (QED) is 0.819. The first-order chi connectivity index (χ1) is 8.70. The molecule has 0 saturated carbocycles. The summed E-state index contributed by atoms with van der Waals surface area (Å²) in [6.07, 6.45) is 4.47. The molecule has 2 heterocycles. The van der Waals surface area contributed by atoms with Gasteiger partial charge < -0.3 is 21.1 Å². The lowest BCUT2D eigenvalue weighted by atomic mass is 10.1. The van der Waals surface area contributed by atoms with Gasteiger partial charge in [0.05, 0.1) is 6.54 Å². The van der Waals surface area contributed by atoms with Gasteiger partial charge in [-0.05, 0) is 18.9 Å². The van der Waals surface area contributed by atoms with Crippen LogP contribution in [0.5, 0.6) is 0 Å². The van der Waals surface area contributed by atoms with Crippen molar-refractivity contribution in [2.24, 2.45) is 11.5 Å². The molecule has 1 amide bonds. The van der Waals surface area contributed by atoms with Crippen molar-refractivity contribution in [3.8, 4) is 0 Å². The Kier molecular flexibility index (Phi) is 3.99. The van der Waals surface area contributed by atoms with Crippen LogP contribution in [0.4, 0.5) is 10.5 Å². The molecule has 1 atom stereocenters. The van der Waals surface area contributed by atoms with Gasteiger partial charge in [0, 0.05) is 36.7 Å². The fraction of sp³-hybridized carbons (Fsp3) is 0.500. The summed E-state index contributed by atoms with van der Waals surface area (Å²) in [5.74, 6) is 0. The fourth-order valence-electron chi connectivity index (χ4n) is 2.30. The summed E-state index contributed by atoms with van der Waals surface area (Å²) in [6.45, 7) is 2.02. The highest BCUT2D eigenvalue weighted by molar-refractivity contribution is 5.65. The minimum absolute atomic E-state index is 0.143. The summed E-state index contributed by atoms with van der Waals surface area (Å²) < 4.78 is 5.07. The van der Waals surface area contributed by atoms with Gasteiger partial charge >= 0.3 is 6.09 Å². The number of primary amides is 1. The minimum atomic E-state index is -0.712. The zero-order valence-corrected chi connectivity index (χ0v) is 10.2. The van der Waals surface area contributed by atoms with Crippen LogP contribution in [0.3, 0.4) is 0 Å². The summed E-state index contributed by atoms with van der Waals surface area (Å²) in [5.41, 5.74) is 12.8. The van der Waals surface area contributed by atoms with E-state index in [1.807, 2.05) is 6.07 Å². The first kappa shape index (κ1) is 12.6. The molecule has 1 unspecified atom stereocenters. The normalized spacial score (nSPS) is 19.6. The van der Waals surface area contributed by atoms with Gasteiger partial charge in [-0.2, -0.15) is 0 Å². The van der Waals surface area contributed by atoms with Gasteiger partial charge in [0.15, 0.2) is 0 Å². The highest BCUT2D eigenvalue weighted by Gasteiger charge is 2.23. The van der Waals surface area contributed by atoms with Crippen molar-refractivity contribution >= 4 is 11.8 Å². The van der Waals surface area contributed by atoms with E-state index in [1.165, 1.54) is 0 Å². The van der Waals surface area contributed by atoms with Crippen LogP contribution >= 0.6 is 0 Å². The van der Waals surface area contributed by atoms with Crippen molar-refractivity contribution in [1.29, 1.82) is 0 Å². The zero-order chi connectivity index (χ0) is 13.0. The van der Waals surface area contributed by atoms with Crippen LogP contribution in [-0.4, -0.2) is 30.3 Å². The molecular weight excluding hydrogens is 232 g/mol. The van der Waals surface area contributed by atoms with E-state index in [1.54, 1.807) is 12.4 Å². The number of anilines is 1. The molecule has 0 aromatic carbocycles. The zero-order valence-electron chi connectivity index (χ0n) is 10.2. The second-order valence-corrected chi connectivity index (χ2v) is 4.36. The molecule has 1 aliphatic rings. The van der Waals surface area contributed by atoms with Crippen molar-refractivity contribution in [1.82, 2.24) is 4.98 Å². The monoisotopic (exact) mass is 250 g/mol. The molecule has 6 heteroatoms. The van der Waals surface area contributed by atoms with Crippen LogP contribution in [0.1, 0.15) is 18.4 Å². The number of hydrogen-bond acceptors (Lipinski definition) is 5. The van der Waals surface area contributed by atoms with E-state index < -0.39 is 6.09 Å².